The van der Waals surface area contributed by atoms with Crippen LogP contribution in [-0.4, -0.2) is 0 Å². The average molecular weight is 148 g/mol. The van der Waals surface area contributed by atoms with Crippen LogP contribution < -0.4 is 0 Å². The van der Waals surface area contributed by atoms with Gasteiger partial charge < -0.3 is 0 Å². The second-order valence-corrected chi connectivity index (χ2v) is 4.20. The molecule has 0 spiro atoms. The third-order valence-electron chi connectivity index (χ3n) is 3.37. The first kappa shape index (κ1) is 7.15. The van der Waals surface area contributed by atoms with Gasteiger partial charge in [0.05, 0.1) is 0 Å². The van der Waals surface area contributed by atoms with Gasteiger partial charge in [-0.2, -0.15) is 0 Å². The summed E-state index contributed by atoms with van der Waals surface area (Å²) in [6, 6.07) is 0. The molecule has 1 saturated carbocycles. The first-order chi connectivity index (χ1) is 5.18. The van der Waals surface area contributed by atoms with Gasteiger partial charge in [-0.25, -0.2) is 0 Å². The molecule has 0 aromatic rings. The molecule has 0 nitrogen and oxygen atoms in total. The van der Waals surface area contributed by atoms with Gasteiger partial charge in [-0.05, 0) is 44.4 Å². The minimum absolute atomic E-state index is 0.809. The van der Waals surface area contributed by atoms with E-state index in [0.717, 1.165) is 17.8 Å². The fourth-order valence-corrected chi connectivity index (χ4v) is 2.67. The Balaban J connectivity index is 2.19. The van der Waals surface area contributed by atoms with Gasteiger partial charge in [-0.3, -0.25) is 0 Å². The average Bonchev–Trinajstić information content (AvgIpc) is 2.43. The molecule has 0 aromatic carbocycles. The van der Waals surface area contributed by atoms with Gasteiger partial charge in [0.1, 0.15) is 0 Å². The lowest BCUT2D eigenvalue weighted by molar-refractivity contribution is 0.514. The van der Waals surface area contributed by atoms with Crippen LogP contribution in [0, 0.1) is 17.8 Å². The van der Waals surface area contributed by atoms with Crippen molar-refractivity contribution in [3.8, 4) is 0 Å². The van der Waals surface area contributed by atoms with Crippen molar-refractivity contribution >= 4 is 0 Å². The minimum atomic E-state index is 0.809. The Hall–Kier alpha value is -0.520. The molecular formula is C11H16. The fraction of sp³-hybridized carbons (Fsp3) is 0.636. The van der Waals surface area contributed by atoms with E-state index in [9.17, 15) is 0 Å². The van der Waals surface area contributed by atoms with Crippen molar-refractivity contribution in [1.82, 2.24) is 0 Å². The maximum absolute atomic E-state index is 4.05. The Morgan fingerprint density at radius 2 is 2.27 bits per heavy atom. The largest absolute Gasteiger partial charge is 0.0998 e. The summed E-state index contributed by atoms with van der Waals surface area (Å²) >= 11 is 0. The summed E-state index contributed by atoms with van der Waals surface area (Å²) in [5.74, 6) is 2.56. The van der Waals surface area contributed by atoms with Crippen molar-refractivity contribution in [2.75, 3.05) is 0 Å². The zero-order valence-electron chi connectivity index (χ0n) is 7.43. The lowest BCUT2D eigenvalue weighted by atomic mass is 9.86. The van der Waals surface area contributed by atoms with Gasteiger partial charge in [0, 0.05) is 0 Å². The van der Waals surface area contributed by atoms with E-state index in [-0.39, 0.29) is 0 Å². The van der Waals surface area contributed by atoms with Crippen LogP contribution in [0.3, 0.4) is 0 Å². The molecule has 2 aliphatic carbocycles. The SMILES string of the molecule is C=C(C)C1CC2CC1C=C2C. The molecular weight excluding hydrogens is 132 g/mol. The van der Waals surface area contributed by atoms with Crippen LogP contribution in [0.4, 0.5) is 0 Å². The molecule has 0 amide bonds. The highest BCUT2D eigenvalue weighted by Crippen LogP contribution is 2.49. The van der Waals surface area contributed by atoms with Crippen molar-refractivity contribution < 1.29 is 0 Å². The molecule has 0 saturated heterocycles. The topological polar surface area (TPSA) is 0 Å². The second-order valence-electron chi connectivity index (χ2n) is 4.20. The highest BCUT2D eigenvalue weighted by atomic mass is 14.4. The minimum Gasteiger partial charge on any atom is -0.0998 e. The standard InChI is InChI=1S/C11H16/c1-7(2)11-6-9-5-10(11)4-8(9)3/h4,9-11H,1,5-6H2,2-3H3. The fourth-order valence-electron chi connectivity index (χ4n) is 2.67. The van der Waals surface area contributed by atoms with E-state index in [0.29, 0.717) is 0 Å². The molecule has 0 aromatic heterocycles. The molecule has 3 atom stereocenters. The molecule has 0 heterocycles. The maximum atomic E-state index is 4.05. The van der Waals surface area contributed by atoms with Crippen LogP contribution in [0.25, 0.3) is 0 Å². The molecule has 2 aliphatic rings. The molecule has 11 heavy (non-hydrogen) atoms. The molecule has 3 unspecified atom stereocenters. The van der Waals surface area contributed by atoms with Gasteiger partial charge in [0.25, 0.3) is 0 Å². The van der Waals surface area contributed by atoms with Crippen LogP contribution >= 0.6 is 0 Å². The van der Waals surface area contributed by atoms with Gasteiger partial charge in [-0.15, -0.1) is 0 Å². The first-order valence-corrected chi connectivity index (χ1v) is 4.52. The van der Waals surface area contributed by atoms with E-state index in [1.165, 1.54) is 18.4 Å². The second kappa shape index (κ2) is 2.23. The van der Waals surface area contributed by atoms with E-state index in [4.69, 9.17) is 0 Å². The lowest BCUT2D eigenvalue weighted by Gasteiger charge is -2.19. The summed E-state index contributed by atoms with van der Waals surface area (Å²) in [4.78, 5) is 0. The summed E-state index contributed by atoms with van der Waals surface area (Å²) in [7, 11) is 0. The summed E-state index contributed by atoms with van der Waals surface area (Å²) in [6.07, 6.45) is 5.25. The van der Waals surface area contributed by atoms with E-state index in [1.807, 2.05) is 0 Å². The Morgan fingerprint density at radius 3 is 2.64 bits per heavy atom. The van der Waals surface area contributed by atoms with Crippen LogP contribution in [0.5, 0.6) is 0 Å². The van der Waals surface area contributed by atoms with E-state index in [1.54, 1.807) is 5.57 Å². The van der Waals surface area contributed by atoms with Crippen LogP contribution in [-0.2, 0) is 0 Å². The number of hydrogen-bond donors (Lipinski definition) is 0. The summed E-state index contributed by atoms with van der Waals surface area (Å²) < 4.78 is 0. The van der Waals surface area contributed by atoms with Crippen LogP contribution in [0.2, 0.25) is 0 Å². The molecule has 0 radical (unpaired) electrons. The number of allylic oxidation sites excluding steroid dienone is 3. The van der Waals surface area contributed by atoms with Crippen molar-refractivity contribution in [2.24, 2.45) is 17.8 Å². The molecule has 0 aliphatic heterocycles. The number of fused-ring (bicyclic) bond motifs is 2. The monoisotopic (exact) mass is 148 g/mol. The molecule has 2 rings (SSSR count). The predicted octanol–water partition coefficient (Wildman–Crippen LogP) is 3.16. The van der Waals surface area contributed by atoms with Gasteiger partial charge >= 0.3 is 0 Å². The van der Waals surface area contributed by atoms with Crippen LogP contribution in [0.1, 0.15) is 26.7 Å². The van der Waals surface area contributed by atoms with E-state index >= 15 is 0 Å². The third kappa shape index (κ3) is 0.962. The lowest BCUT2D eigenvalue weighted by Crippen LogP contribution is -2.08. The van der Waals surface area contributed by atoms with Crippen molar-refractivity contribution in [2.45, 2.75) is 26.7 Å². The summed E-state index contributed by atoms with van der Waals surface area (Å²) in [5.41, 5.74) is 3.02. The van der Waals surface area contributed by atoms with Gasteiger partial charge in [0.2, 0.25) is 0 Å². The zero-order valence-corrected chi connectivity index (χ0v) is 7.43. The van der Waals surface area contributed by atoms with E-state index < -0.39 is 0 Å². The normalized spacial score (nSPS) is 40.9. The smallest absolute Gasteiger partial charge is 0.0140 e. The first-order valence-electron chi connectivity index (χ1n) is 4.52. The molecule has 0 N–H and O–H groups in total. The Bertz CT molecular complexity index is 222. The Labute approximate surface area is 69.0 Å². The highest BCUT2D eigenvalue weighted by Gasteiger charge is 2.38. The van der Waals surface area contributed by atoms with E-state index in [2.05, 4.69) is 26.5 Å². The van der Waals surface area contributed by atoms with Gasteiger partial charge in [0.15, 0.2) is 0 Å². The zero-order chi connectivity index (χ0) is 8.01. The molecule has 0 heteroatoms. The summed E-state index contributed by atoms with van der Waals surface area (Å²) in [5, 5.41) is 0. The van der Waals surface area contributed by atoms with Crippen LogP contribution in [0.15, 0.2) is 23.8 Å². The predicted molar refractivity (Wildman–Crippen MR) is 48.3 cm³/mol. The van der Waals surface area contributed by atoms with Crippen molar-refractivity contribution in [3.05, 3.63) is 23.8 Å². The molecule has 2 bridgehead atoms. The quantitative estimate of drug-likeness (QED) is 0.501. The van der Waals surface area contributed by atoms with Crippen molar-refractivity contribution in [1.29, 1.82) is 0 Å². The molecule has 1 fully saturated rings. The van der Waals surface area contributed by atoms with Crippen molar-refractivity contribution in [3.63, 3.8) is 0 Å². The molecule has 60 valence electrons. The maximum Gasteiger partial charge on any atom is -0.0140 e. The third-order valence-corrected chi connectivity index (χ3v) is 3.37. The summed E-state index contributed by atoms with van der Waals surface area (Å²) in [6.45, 7) is 8.50. The number of rotatable bonds is 1. The Morgan fingerprint density at radius 1 is 1.55 bits per heavy atom. The van der Waals surface area contributed by atoms with Gasteiger partial charge in [-0.1, -0.05) is 23.8 Å². The number of hydrogen-bond acceptors (Lipinski definition) is 0. The highest BCUT2D eigenvalue weighted by molar-refractivity contribution is 5.23. The Kier molecular flexibility index (Phi) is 1.45.